The lowest BCUT2D eigenvalue weighted by Gasteiger charge is -2.37. The number of likely N-dealkylation sites (N-methyl/N-ethyl adjacent to an activating group) is 1. The van der Waals surface area contributed by atoms with Gasteiger partial charge in [0.05, 0.1) is 30.1 Å². The molecule has 2 amide bonds. The maximum atomic E-state index is 13.1. The number of anilines is 2. The number of morpholine rings is 1. The number of hydrogen-bond donors (Lipinski definition) is 3. The second-order valence-electron chi connectivity index (χ2n) is 11.4. The first-order valence-electron chi connectivity index (χ1n) is 14.6. The monoisotopic (exact) mass is 605 g/mol. The summed E-state index contributed by atoms with van der Waals surface area (Å²) >= 11 is 6.30. The van der Waals surface area contributed by atoms with Crippen molar-refractivity contribution in [3.05, 3.63) is 76.8 Å². The van der Waals surface area contributed by atoms with Crippen molar-refractivity contribution in [2.75, 3.05) is 24.8 Å². The van der Waals surface area contributed by atoms with Crippen LogP contribution in [0.1, 0.15) is 36.8 Å². The number of nitrogens with zero attached hydrogens (tertiary/aromatic N) is 1. The highest BCUT2D eigenvalue weighted by Gasteiger charge is 2.62. The summed E-state index contributed by atoms with van der Waals surface area (Å²) in [6, 6.07) is 19.7. The Morgan fingerprint density at radius 3 is 2.47 bits per heavy atom. The molecule has 3 saturated heterocycles. The minimum Gasteiger partial charge on any atom is -0.496 e. The number of amides is 2. The molecule has 0 saturated carbocycles. The van der Waals surface area contributed by atoms with Crippen LogP contribution in [0.5, 0.6) is 5.75 Å². The Bertz CT molecular complexity index is 1480. The summed E-state index contributed by atoms with van der Waals surface area (Å²) < 4.78 is 17.0. The van der Waals surface area contributed by atoms with E-state index in [9.17, 15) is 14.7 Å². The minimum absolute atomic E-state index is 0.141. The number of nitrogens with one attached hydrogen (secondary N) is 2. The summed E-state index contributed by atoms with van der Waals surface area (Å²) in [6.45, 7) is -0.218. The second kappa shape index (κ2) is 12.5. The predicted octanol–water partition coefficient (Wildman–Crippen LogP) is 5.63. The smallest absolute Gasteiger partial charge is 0.411 e. The highest BCUT2D eigenvalue weighted by Crippen LogP contribution is 2.48. The molecule has 3 aromatic carbocycles. The van der Waals surface area contributed by atoms with E-state index in [1.165, 1.54) is 7.11 Å². The molecule has 10 heteroatoms. The molecular formula is C33H36ClN3O6. The Balaban J connectivity index is 1.09. The maximum Gasteiger partial charge on any atom is 0.411 e. The van der Waals surface area contributed by atoms with Crippen molar-refractivity contribution in [2.45, 2.75) is 69.1 Å². The van der Waals surface area contributed by atoms with E-state index in [0.29, 0.717) is 52.6 Å². The Morgan fingerprint density at radius 2 is 1.77 bits per heavy atom. The first-order valence-corrected chi connectivity index (χ1v) is 15.0. The van der Waals surface area contributed by atoms with E-state index < -0.39 is 6.09 Å². The fourth-order valence-electron chi connectivity index (χ4n) is 6.48. The van der Waals surface area contributed by atoms with E-state index in [1.807, 2.05) is 48.5 Å². The van der Waals surface area contributed by atoms with Crippen molar-refractivity contribution < 1.29 is 28.9 Å². The van der Waals surface area contributed by atoms with Gasteiger partial charge in [-0.1, -0.05) is 54.1 Å². The number of benzene rings is 3. The molecule has 0 aromatic heterocycles. The molecule has 3 N–H and O–H groups in total. The molecule has 3 fully saturated rings. The number of methoxy groups -OCH3 is 1. The van der Waals surface area contributed by atoms with Gasteiger partial charge in [-0.2, -0.15) is 0 Å². The fourth-order valence-corrected chi connectivity index (χ4v) is 6.71. The lowest BCUT2D eigenvalue weighted by Crippen LogP contribution is -2.48. The van der Waals surface area contributed by atoms with Crippen LogP contribution in [0.4, 0.5) is 16.2 Å². The molecule has 3 aliphatic heterocycles. The van der Waals surface area contributed by atoms with E-state index in [1.54, 1.807) is 12.1 Å². The van der Waals surface area contributed by atoms with Crippen LogP contribution in [0.3, 0.4) is 0 Å². The van der Waals surface area contributed by atoms with Gasteiger partial charge in [0.1, 0.15) is 24.1 Å². The third-order valence-corrected chi connectivity index (χ3v) is 9.05. The second-order valence-corrected chi connectivity index (χ2v) is 11.8. The van der Waals surface area contributed by atoms with Gasteiger partial charge in [0.25, 0.3) is 0 Å². The van der Waals surface area contributed by atoms with Crippen molar-refractivity contribution in [3.63, 3.8) is 0 Å². The standard InChI is InChI=1S/C33H36ClN3O6/c1-37-27-15-22(16-28(37)32-31(27)43-32)42-33(40)36-25-13-19(11-12-23(25)20-8-4-3-5-9-20)7-6-10-30(39)35-26-17-29(41-2)21(18-38)14-24(26)34/h3-5,8-9,11-14,17,22,27-28,31-32,38H,6-7,10,15-16,18H2,1-2H3,(H,35,39)(H,36,40)/t22-,27-,28-,31-,32+/m0/s1. The van der Waals surface area contributed by atoms with Gasteiger partial charge in [-0.25, -0.2) is 4.79 Å². The van der Waals surface area contributed by atoms with Gasteiger partial charge in [-0.15, -0.1) is 0 Å². The molecule has 3 aromatic rings. The molecule has 6 rings (SSSR count). The number of carbonyl (C=O) groups is 2. The highest BCUT2D eigenvalue weighted by atomic mass is 35.5. The van der Waals surface area contributed by atoms with Crippen LogP contribution in [0.2, 0.25) is 5.02 Å². The van der Waals surface area contributed by atoms with Crippen molar-refractivity contribution in [1.29, 1.82) is 0 Å². The first kappa shape index (κ1) is 29.4. The Hall–Kier alpha value is -3.63. The molecule has 3 aliphatic rings. The number of rotatable bonds is 10. The molecule has 9 nitrogen and oxygen atoms in total. The zero-order valence-electron chi connectivity index (χ0n) is 24.2. The number of carbonyl (C=O) groups excluding carboxylic acids is 2. The van der Waals surface area contributed by atoms with Gasteiger partial charge in [0.15, 0.2) is 0 Å². The van der Waals surface area contributed by atoms with E-state index >= 15 is 0 Å². The normalized spacial score (nSPS) is 23.8. The van der Waals surface area contributed by atoms with E-state index in [-0.39, 0.29) is 37.2 Å². The lowest BCUT2D eigenvalue weighted by molar-refractivity contribution is -0.116. The molecule has 0 aliphatic carbocycles. The predicted molar refractivity (Wildman–Crippen MR) is 164 cm³/mol. The molecule has 0 unspecified atom stereocenters. The number of epoxide rings is 1. The number of fused-ring (bicyclic) bond motifs is 5. The number of hydrogen-bond acceptors (Lipinski definition) is 7. The van der Waals surface area contributed by atoms with Crippen LogP contribution in [-0.4, -0.2) is 66.6 Å². The summed E-state index contributed by atoms with van der Waals surface area (Å²) in [5.41, 5.74) is 4.51. The van der Waals surface area contributed by atoms with Gasteiger partial charge < -0.3 is 24.6 Å². The average Bonchev–Trinajstić information content (AvgIpc) is 3.77. The average molecular weight is 606 g/mol. The van der Waals surface area contributed by atoms with Gasteiger partial charge in [0, 0.05) is 48.5 Å². The summed E-state index contributed by atoms with van der Waals surface area (Å²) in [6.07, 6.45) is 3.01. The van der Waals surface area contributed by atoms with E-state index in [0.717, 1.165) is 29.5 Å². The van der Waals surface area contributed by atoms with Crippen molar-refractivity contribution in [1.82, 2.24) is 4.90 Å². The Kier molecular flexibility index (Phi) is 8.59. The highest BCUT2D eigenvalue weighted by molar-refractivity contribution is 6.33. The summed E-state index contributed by atoms with van der Waals surface area (Å²) in [7, 11) is 3.62. The number of aryl methyl sites for hydroxylation is 1. The first-order chi connectivity index (χ1) is 20.8. The third kappa shape index (κ3) is 6.35. The zero-order valence-corrected chi connectivity index (χ0v) is 25.0. The Morgan fingerprint density at radius 1 is 1.02 bits per heavy atom. The van der Waals surface area contributed by atoms with Crippen molar-refractivity contribution in [2.24, 2.45) is 0 Å². The van der Waals surface area contributed by atoms with Crippen LogP contribution in [0, 0.1) is 0 Å². The minimum atomic E-state index is -0.461. The van der Waals surface area contributed by atoms with Gasteiger partial charge in [-0.3, -0.25) is 15.0 Å². The number of ether oxygens (including phenoxy) is 3. The molecule has 5 atom stereocenters. The number of piperidine rings is 1. The van der Waals surface area contributed by atoms with Gasteiger partial charge in [0.2, 0.25) is 5.91 Å². The quantitative estimate of drug-likeness (QED) is 0.257. The SMILES string of the molecule is COc1cc(NC(=O)CCCc2ccc(-c3ccccc3)c(NC(=O)O[C@H]3C[C@H]4[C@@H]5O[C@@H]5[C@H](C3)N4C)c2)c(Cl)cc1CO. The van der Waals surface area contributed by atoms with Crippen LogP contribution in [0.25, 0.3) is 11.1 Å². The molecule has 0 spiro atoms. The summed E-state index contributed by atoms with van der Waals surface area (Å²) in [4.78, 5) is 28.2. The lowest BCUT2D eigenvalue weighted by atomic mass is 9.99. The maximum absolute atomic E-state index is 13.1. The van der Waals surface area contributed by atoms with E-state index in [4.69, 9.17) is 25.8 Å². The molecule has 43 heavy (non-hydrogen) atoms. The summed E-state index contributed by atoms with van der Waals surface area (Å²) in [5.74, 6) is 0.270. The van der Waals surface area contributed by atoms with Crippen LogP contribution >= 0.6 is 11.6 Å². The fraction of sp³-hybridized carbons (Fsp3) is 0.394. The van der Waals surface area contributed by atoms with Crippen molar-refractivity contribution in [3.8, 4) is 16.9 Å². The van der Waals surface area contributed by atoms with Crippen LogP contribution in [-0.2, 0) is 27.3 Å². The van der Waals surface area contributed by atoms with Crippen molar-refractivity contribution >= 4 is 35.0 Å². The number of halogens is 1. The number of aliphatic hydroxyl groups excluding tert-OH is 1. The molecule has 2 bridgehead atoms. The topological polar surface area (TPSA) is 113 Å². The molecule has 226 valence electrons. The summed E-state index contributed by atoms with van der Waals surface area (Å²) in [5, 5.41) is 15.6. The van der Waals surface area contributed by atoms with Gasteiger partial charge >= 0.3 is 6.09 Å². The third-order valence-electron chi connectivity index (χ3n) is 8.74. The molecular weight excluding hydrogens is 570 g/mol. The van der Waals surface area contributed by atoms with Crippen LogP contribution in [0.15, 0.2) is 60.7 Å². The Labute approximate surface area is 256 Å². The molecule has 0 radical (unpaired) electrons. The zero-order chi connectivity index (χ0) is 30.1. The largest absolute Gasteiger partial charge is 0.496 e. The van der Waals surface area contributed by atoms with Gasteiger partial charge in [-0.05, 0) is 43.1 Å². The molecule has 3 heterocycles. The van der Waals surface area contributed by atoms with Crippen LogP contribution < -0.4 is 15.4 Å². The van der Waals surface area contributed by atoms with E-state index in [2.05, 4.69) is 22.6 Å². The number of aliphatic hydroxyl groups is 1.